The minimum atomic E-state index is 0.852. The van der Waals surface area contributed by atoms with Crippen LogP contribution in [0.4, 0.5) is 0 Å². The smallest absolute Gasteiger partial charge is 0.174 e. The lowest BCUT2D eigenvalue weighted by Gasteiger charge is -2.11. The first kappa shape index (κ1) is 6.39. The van der Waals surface area contributed by atoms with Gasteiger partial charge in [-0.1, -0.05) is 0 Å². The Bertz CT molecular complexity index is 249. The Morgan fingerprint density at radius 1 is 1.55 bits per heavy atom. The van der Waals surface area contributed by atoms with Crippen LogP contribution in [0.2, 0.25) is 0 Å². The van der Waals surface area contributed by atoms with E-state index in [2.05, 4.69) is 26.6 Å². The van der Waals surface area contributed by atoms with Crippen molar-refractivity contribution in [2.45, 2.75) is 6.42 Å². The molecule has 2 rings (SSSR count). The van der Waals surface area contributed by atoms with Gasteiger partial charge in [-0.05, 0) is 6.42 Å². The molecule has 0 aliphatic carbocycles. The number of aliphatic imine (C=N–C) groups is 1. The molecule has 0 unspecified atom stereocenters. The zero-order chi connectivity index (χ0) is 7.52. The molecule has 1 aromatic heterocycles. The molecule has 0 atom stereocenters. The average molecular weight is 149 g/mol. The van der Waals surface area contributed by atoms with Gasteiger partial charge < -0.3 is 10.3 Å². The third kappa shape index (κ3) is 1.24. The summed E-state index contributed by atoms with van der Waals surface area (Å²) in [6.45, 7) is 1.89. The van der Waals surface area contributed by atoms with Gasteiger partial charge in [-0.15, -0.1) is 0 Å². The molecular weight excluding hydrogens is 140 g/mol. The molecule has 57 valence electrons. The molecule has 1 aromatic rings. The standard InChI is InChI=1S/C7H9N4/c1-2-9-7(10-3-1)6-4-8-5-11-6/h4H,1-3H2,(H,8,11)(H,9,10). The molecule has 2 N–H and O–H groups in total. The third-order valence-corrected chi connectivity index (χ3v) is 1.59. The highest BCUT2D eigenvalue weighted by atomic mass is 15.1. The summed E-state index contributed by atoms with van der Waals surface area (Å²) in [6, 6.07) is 0. The van der Waals surface area contributed by atoms with E-state index in [0.717, 1.165) is 31.0 Å². The van der Waals surface area contributed by atoms with Crippen LogP contribution in [0.3, 0.4) is 0 Å². The van der Waals surface area contributed by atoms with Crippen molar-refractivity contribution < 1.29 is 0 Å². The van der Waals surface area contributed by atoms with Crippen LogP contribution in [0.1, 0.15) is 12.1 Å². The molecule has 0 saturated carbocycles. The van der Waals surface area contributed by atoms with Gasteiger partial charge in [-0.25, -0.2) is 4.98 Å². The summed E-state index contributed by atoms with van der Waals surface area (Å²) in [5.74, 6) is 0.883. The fourth-order valence-electron chi connectivity index (χ4n) is 1.05. The van der Waals surface area contributed by atoms with E-state index in [0.29, 0.717) is 0 Å². The summed E-state index contributed by atoms with van der Waals surface area (Å²) in [5.41, 5.74) is 0.852. The minimum Gasteiger partial charge on any atom is -0.368 e. The number of nitrogens with zero attached hydrogens (tertiary/aromatic N) is 2. The summed E-state index contributed by atoms with van der Waals surface area (Å²) in [5, 5.41) is 3.17. The third-order valence-electron chi connectivity index (χ3n) is 1.59. The van der Waals surface area contributed by atoms with Crippen LogP contribution in [-0.4, -0.2) is 28.9 Å². The number of rotatable bonds is 1. The number of aromatic amines is 1. The van der Waals surface area contributed by atoms with Crippen LogP contribution in [0.25, 0.3) is 0 Å². The second-order valence-electron chi connectivity index (χ2n) is 2.41. The molecule has 1 aliphatic heterocycles. The Hall–Kier alpha value is -1.32. The van der Waals surface area contributed by atoms with Gasteiger partial charge >= 0.3 is 0 Å². The van der Waals surface area contributed by atoms with Crippen LogP contribution in [0.5, 0.6) is 0 Å². The van der Waals surface area contributed by atoms with Crippen LogP contribution in [0.15, 0.2) is 11.2 Å². The molecule has 0 spiro atoms. The summed E-state index contributed by atoms with van der Waals surface area (Å²) in [7, 11) is 0. The monoisotopic (exact) mass is 149 g/mol. The summed E-state index contributed by atoms with van der Waals surface area (Å²) < 4.78 is 0. The van der Waals surface area contributed by atoms with Gasteiger partial charge in [0.15, 0.2) is 6.33 Å². The zero-order valence-corrected chi connectivity index (χ0v) is 6.09. The van der Waals surface area contributed by atoms with Crippen molar-refractivity contribution in [3.63, 3.8) is 0 Å². The Kier molecular flexibility index (Phi) is 1.59. The van der Waals surface area contributed by atoms with E-state index in [4.69, 9.17) is 0 Å². The van der Waals surface area contributed by atoms with Crippen molar-refractivity contribution in [1.29, 1.82) is 0 Å². The topological polar surface area (TPSA) is 53.1 Å². The lowest BCUT2D eigenvalue weighted by molar-refractivity contribution is 0.740. The van der Waals surface area contributed by atoms with Gasteiger partial charge in [0.05, 0.1) is 0 Å². The number of H-pyrrole nitrogens is 1. The quantitative estimate of drug-likeness (QED) is 0.588. The molecule has 0 amide bonds. The SMILES string of the molecule is [c]1nc(C2=NCCCN2)c[nH]1. The van der Waals surface area contributed by atoms with E-state index < -0.39 is 0 Å². The fraction of sp³-hybridized carbons (Fsp3) is 0.429. The van der Waals surface area contributed by atoms with Gasteiger partial charge in [-0.3, -0.25) is 4.99 Å². The Morgan fingerprint density at radius 2 is 2.55 bits per heavy atom. The summed E-state index contributed by atoms with van der Waals surface area (Å²) in [6.07, 6.45) is 5.53. The van der Waals surface area contributed by atoms with E-state index in [9.17, 15) is 0 Å². The van der Waals surface area contributed by atoms with E-state index in [1.807, 2.05) is 0 Å². The van der Waals surface area contributed by atoms with Gasteiger partial charge in [0, 0.05) is 19.3 Å². The predicted molar refractivity (Wildman–Crippen MR) is 41.4 cm³/mol. The normalized spacial score (nSPS) is 17.3. The zero-order valence-electron chi connectivity index (χ0n) is 6.09. The predicted octanol–water partition coefficient (Wildman–Crippen LogP) is -0.0502. The molecule has 4 nitrogen and oxygen atoms in total. The maximum absolute atomic E-state index is 4.27. The van der Waals surface area contributed by atoms with Gasteiger partial charge in [0.2, 0.25) is 0 Å². The van der Waals surface area contributed by atoms with Gasteiger partial charge in [0.1, 0.15) is 11.5 Å². The van der Waals surface area contributed by atoms with E-state index in [-0.39, 0.29) is 0 Å². The van der Waals surface area contributed by atoms with Crippen molar-refractivity contribution in [3.8, 4) is 0 Å². The maximum atomic E-state index is 4.27. The highest BCUT2D eigenvalue weighted by Crippen LogP contribution is 1.97. The average Bonchev–Trinajstić information content (AvgIpc) is 2.58. The molecule has 4 heteroatoms. The maximum Gasteiger partial charge on any atom is 0.174 e. The Morgan fingerprint density at radius 3 is 3.18 bits per heavy atom. The van der Waals surface area contributed by atoms with E-state index in [1.165, 1.54) is 0 Å². The first-order valence-electron chi connectivity index (χ1n) is 3.67. The molecular formula is C7H9N4. The number of hydrogen-bond donors (Lipinski definition) is 2. The van der Waals surface area contributed by atoms with Crippen LogP contribution >= 0.6 is 0 Å². The van der Waals surface area contributed by atoms with Crippen molar-refractivity contribution in [3.05, 3.63) is 18.2 Å². The van der Waals surface area contributed by atoms with E-state index >= 15 is 0 Å². The lowest BCUT2D eigenvalue weighted by Crippen LogP contribution is -2.30. The second kappa shape index (κ2) is 2.74. The lowest BCUT2D eigenvalue weighted by atomic mass is 10.3. The van der Waals surface area contributed by atoms with Gasteiger partial charge in [-0.2, -0.15) is 0 Å². The summed E-state index contributed by atoms with van der Waals surface area (Å²) >= 11 is 0. The Balaban J connectivity index is 2.22. The van der Waals surface area contributed by atoms with Crippen LogP contribution in [0, 0.1) is 6.33 Å². The molecule has 0 saturated heterocycles. The largest absolute Gasteiger partial charge is 0.368 e. The van der Waals surface area contributed by atoms with Crippen molar-refractivity contribution in [1.82, 2.24) is 15.3 Å². The molecule has 0 bridgehead atoms. The molecule has 0 aromatic carbocycles. The number of amidine groups is 1. The van der Waals surface area contributed by atoms with Crippen molar-refractivity contribution in [2.24, 2.45) is 4.99 Å². The molecule has 1 radical (unpaired) electrons. The highest BCUT2D eigenvalue weighted by molar-refractivity contribution is 5.97. The van der Waals surface area contributed by atoms with Crippen LogP contribution in [-0.2, 0) is 0 Å². The number of nitrogens with one attached hydrogen (secondary N) is 2. The van der Waals surface area contributed by atoms with Crippen LogP contribution < -0.4 is 5.32 Å². The second-order valence-corrected chi connectivity index (χ2v) is 2.41. The molecule has 0 fully saturated rings. The number of imidazole rings is 1. The Labute approximate surface area is 64.8 Å². The first-order valence-corrected chi connectivity index (χ1v) is 3.67. The van der Waals surface area contributed by atoms with Crippen molar-refractivity contribution >= 4 is 5.84 Å². The summed E-state index contributed by atoms with van der Waals surface area (Å²) in [4.78, 5) is 11.0. The first-order chi connectivity index (χ1) is 5.47. The van der Waals surface area contributed by atoms with Crippen molar-refractivity contribution in [2.75, 3.05) is 13.1 Å². The fourth-order valence-corrected chi connectivity index (χ4v) is 1.05. The number of hydrogen-bond acceptors (Lipinski definition) is 3. The molecule has 2 heterocycles. The molecule has 11 heavy (non-hydrogen) atoms. The molecule has 1 aliphatic rings. The number of aromatic nitrogens is 2. The highest BCUT2D eigenvalue weighted by Gasteiger charge is 2.07. The van der Waals surface area contributed by atoms with Gasteiger partial charge in [0.25, 0.3) is 0 Å². The van der Waals surface area contributed by atoms with E-state index in [1.54, 1.807) is 6.20 Å². The minimum absolute atomic E-state index is 0.852.